The lowest BCUT2D eigenvalue weighted by Gasteiger charge is -2.04. The monoisotopic (exact) mass is 233 g/mol. The lowest BCUT2D eigenvalue weighted by atomic mass is 10.3. The zero-order valence-corrected chi connectivity index (χ0v) is 9.65. The predicted molar refractivity (Wildman–Crippen MR) is 62.8 cm³/mol. The number of nitrogens with zero attached hydrogens (tertiary/aromatic N) is 3. The Balaban J connectivity index is 2.23. The van der Waals surface area contributed by atoms with E-state index in [4.69, 9.17) is 0 Å². The van der Waals surface area contributed by atoms with Crippen LogP contribution in [0.15, 0.2) is 41.8 Å². The Kier molecular flexibility index (Phi) is 3.36. The number of carbonyl (C=O) groups is 1. The minimum Gasteiger partial charge on any atom is -0.299 e. The summed E-state index contributed by atoms with van der Waals surface area (Å²) in [6.07, 6.45) is 1.65. The highest BCUT2D eigenvalue weighted by molar-refractivity contribution is 7.99. The van der Waals surface area contributed by atoms with Gasteiger partial charge in [-0.2, -0.15) is 0 Å². The molecule has 0 aliphatic rings. The largest absolute Gasteiger partial charge is 0.299 e. The molecule has 2 aromatic rings. The number of ketones is 1. The molecule has 0 N–H and O–H groups in total. The summed E-state index contributed by atoms with van der Waals surface area (Å²) >= 11 is 1.40. The highest BCUT2D eigenvalue weighted by Gasteiger charge is 2.07. The van der Waals surface area contributed by atoms with Crippen LogP contribution in [0, 0.1) is 0 Å². The van der Waals surface area contributed by atoms with Gasteiger partial charge in [-0.3, -0.25) is 9.36 Å². The Hall–Kier alpha value is -1.62. The van der Waals surface area contributed by atoms with E-state index in [1.54, 1.807) is 13.3 Å². The molecule has 0 aliphatic heterocycles. The molecule has 0 aliphatic carbocycles. The van der Waals surface area contributed by atoms with Crippen molar-refractivity contribution in [1.82, 2.24) is 14.8 Å². The van der Waals surface area contributed by atoms with Gasteiger partial charge in [-0.15, -0.1) is 10.2 Å². The van der Waals surface area contributed by atoms with E-state index in [9.17, 15) is 4.79 Å². The van der Waals surface area contributed by atoms with E-state index in [2.05, 4.69) is 10.2 Å². The molecule has 0 saturated heterocycles. The SMILES string of the molecule is CC(=O)CSc1nncn1-c1ccccc1. The minimum atomic E-state index is 0.132. The number of Topliss-reactive ketones (excluding diaryl/α,β-unsaturated/α-hetero) is 1. The second-order valence-electron chi connectivity index (χ2n) is 3.31. The van der Waals surface area contributed by atoms with E-state index in [1.807, 2.05) is 34.9 Å². The quantitative estimate of drug-likeness (QED) is 0.757. The number of benzene rings is 1. The maximum Gasteiger partial charge on any atom is 0.196 e. The van der Waals surface area contributed by atoms with Crippen molar-refractivity contribution in [3.05, 3.63) is 36.7 Å². The second-order valence-corrected chi connectivity index (χ2v) is 4.25. The van der Waals surface area contributed by atoms with Gasteiger partial charge in [0.25, 0.3) is 0 Å². The summed E-state index contributed by atoms with van der Waals surface area (Å²) in [6, 6.07) is 9.81. The van der Waals surface area contributed by atoms with Crippen LogP contribution in [0.25, 0.3) is 5.69 Å². The fourth-order valence-corrected chi connectivity index (χ4v) is 1.98. The molecule has 0 spiro atoms. The summed E-state index contributed by atoms with van der Waals surface area (Å²) in [6.45, 7) is 1.57. The molecule has 82 valence electrons. The molecule has 4 nitrogen and oxygen atoms in total. The summed E-state index contributed by atoms with van der Waals surface area (Å²) in [4.78, 5) is 10.9. The molecule has 0 saturated carbocycles. The van der Waals surface area contributed by atoms with Crippen LogP contribution in [0.4, 0.5) is 0 Å². The fraction of sp³-hybridized carbons (Fsp3) is 0.182. The fourth-order valence-electron chi connectivity index (χ4n) is 1.25. The average Bonchev–Trinajstić information content (AvgIpc) is 2.75. The van der Waals surface area contributed by atoms with Crippen LogP contribution in [-0.2, 0) is 4.79 Å². The van der Waals surface area contributed by atoms with Crippen molar-refractivity contribution in [2.45, 2.75) is 12.1 Å². The molecule has 0 unspecified atom stereocenters. The van der Waals surface area contributed by atoms with Crippen LogP contribution in [0.2, 0.25) is 0 Å². The van der Waals surface area contributed by atoms with Crippen molar-refractivity contribution in [2.75, 3.05) is 5.75 Å². The molecular weight excluding hydrogens is 222 g/mol. The van der Waals surface area contributed by atoms with Crippen molar-refractivity contribution >= 4 is 17.5 Å². The topological polar surface area (TPSA) is 47.8 Å². The molecule has 0 amide bonds. The lowest BCUT2D eigenvalue weighted by molar-refractivity contribution is -0.114. The molecular formula is C11H11N3OS. The molecule has 0 atom stereocenters. The molecule has 0 bridgehead atoms. The summed E-state index contributed by atoms with van der Waals surface area (Å²) in [7, 11) is 0. The number of rotatable bonds is 4. The summed E-state index contributed by atoms with van der Waals surface area (Å²) < 4.78 is 1.87. The molecule has 0 fully saturated rings. The highest BCUT2D eigenvalue weighted by atomic mass is 32.2. The Morgan fingerprint density at radius 1 is 1.38 bits per heavy atom. The summed E-state index contributed by atoms with van der Waals surface area (Å²) in [5, 5.41) is 8.58. The van der Waals surface area contributed by atoms with Crippen LogP contribution >= 0.6 is 11.8 Å². The van der Waals surface area contributed by atoms with Crippen molar-refractivity contribution < 1.29 is 4.79 Å². The number of hydrogen-bond acceptors (Lipinski definition) is 4. The van der Waals surface area contributed by atoms with Crippen LogP contribution in [-0.4, -0.2) is 26.3 Å². The van der Waals surface area contributed by atoms with Gasteiger partial charge in [0, 0.05) is 5.69 Å². The van der Waals surface area contributed by atoms with Crippen LogP contribution in [0.3, 0.4) is 0 Å². The molecule has 1 aromatic heterocycles. The van der Waals surface area contributed by atoms with Gasteiger partial charge in [0.2, 0.25) is 0 Å². The molecule has 0 radical (unpaired) electrons. The third-order valence-corrected chi connectivity index (χ3v) is 3.04. The van der Waals surface area contributed by atoms with E-state index in [1.165, 1.54) is 11.8 Å². The first-order valence-corrected chi connectivity index (χ1v) is 5.83. The number of aromatic nitrogens is 3. The zero-order chi connectivity index (χ0) is 11.4. The maximum atomic E-state index is 10.9. The van der Waals surface area contributed by atoms with E-state index in [0.717, 1.165) is 10.8 Å². The number of carbonyl (C=O) groups excluding carboxylic acids is 1. The van der Waals surface area contributed by atoms with Crippen molar-refractivity contribution in [2.24, 2.45) is 0 Å². The Morgan fingerprint density at radius 2 is 2.12 bits per heavy atom. The minimum absolute atomic E-state index is 0.132. The lowest BCUT2D eigenvalue weighted by Crippen LogP contribution is -1.98. The number of para-hydroxylation sites is 1. The van der Waals surface area contributed by atoms with Gasteiger partial charge in [-0.05, 0) is 19.1 Å². The van der Waals surface area contributed by atoms with Crippen LogP contribution in [0.5, 0.6) is 0 Å². The first kappa shape index (κ1) is 10.9. The summed E-state index contributed by atoms with van der Waals surface area (Å²) in [5.41, 5.74) is 0.999. The Bertz CT molecular complexity index is 481. The highest BCUT2D eigenvalue weighted by Crippen LogP contribution is 2.18. The van der Waals surface area contributed by atoms with Crippen LogP contribution < -0.4 is 0 Å². The smallest absolute Gasteiger partial charge is 0.196 e. The van der Waals surface area contributed by atoms with Gasteiger partial charge in [-0.25, -0.2) is 0 Å². The average molecular weight is 233 g/mol. The van der Waals surface area contributed by atoms with Gasteiger partial charge in [-0.1, -0.05) is 30.0 Å². The standard InChI is InChI=1S/C11H11N3OS/c1-9(15)7-16-11-13-12-8-14(11)10-5-3-2-4-6-10/h2-6,8H,7H2,1H3. The first-order valence-electron chi connectivity index (χ1n) is 4.85. The predicted octanol–water partition coefficient (Wildman–Crippen LogP) is 1.95. The van der Waals surface area contributed by atoms with Crippen LogP contribution in [0.1, 0.15) is 6.92 Å². The Labute approximate surface area is 97.7 Å². The molecule has 5 heteroatoms. The molecule has 2 rings (SSSR count). The third-order valence-electron chi connectivity index (χ3n) is 1.96. The molecule has 1 heterocycles. The van der Waals surface area contributed by atoms with E-state index in [0.29, 0.717) is 5.75 Å². The Morgan fingerprint density at radius 3 is 2.81 bits per heavy atom. The zero-order valence-electron chi connectivity index (χ0n) is 8.83. The second kappa shape index (κ2) is 4.94. The number of thioether (sulfide) groups is 1. The van der Waals surface area contributed by atoms with Crippen molar-refractivity contribution in [3.63, 3.8) is 0 Å². The van der Waals surface area contributed by atoms with Crippen molar-refractivity contribution in [1.29, 1.82) is 0 Å². The van der Waals surface area contributed by atoms with Gasteiger partial charge < -0.3 is 0 Å². The molecule has 16 heavy (non-hydrogen) atoms. The van der Waals surface area contributed by atoms with E-state index < -0.39 is 0 Å². The molecule has 1 aromatic carbocycles. The number of hydrogen-bond donors (Lipinski definition) is 0. The van der Waals surface area contributed by atoms with E-state index >= 15 is 0 Å². The normalized spacial score (nSPS) is 10.3. The van der Waals surface area contributed by atoms with Gasteiger partial charge in [0.1, 0.15) is 12.1 Å². The van der Waals surface area contributed by atoms with Gasteiger partial charge in [0.05, 0.1) is 5.75 Å². The van der Waals surface area contributed by atoms with Gasteiger partial charge >= 0.3 is 0 Å². The van der Waals surface area contributed by atoms with Gasteiger partial charge in [0.15, 0.2) is 5.16 Å². The third kappa shape index (κ3) is 2.49. The van der Waals surface area contributed by atoms with E-state index in [-0.39, 0.29) is 5.78 Å². The first-order chi connectivity index (χ1) is 7.77. The van der Waals surface area contributed by atoms with Crippen molar-refractivity contribution in [3.8, 4) is 5.69 Å². The maximum absolute atomic E-state index is 10.9. The summed E-state index contributed by atoms with van der Waals surface area (Å²) in [5.74, 6) is 0.554.